The monoisotopic (exact) mass is 576 g/mol. The summed E-state index contributed by atoms with van der Waals surface area (Å²) < 4.78 is 6.25. The molecule has 0 radical (unpaired) electrons. The van der Waals surface area contributed by atoms with E-state index in [4.69, 9.17) is 4.74 Å². The van der Waals surface area contributed by atoms with Crippen molar-refractivity contribution in [2.45, 2.75) is 96.8 Å². The number of hydrogen-bond donors (Lipinski definition) is 0. The normalized spacial score (nSPS) is 11.7. The fourth-order valence-corrected chi connectivity index (χ4v) is 5.24. The second-order valence-electron chi connectivity index (χ2n) is 11.3. The van der Waals surface area contributed by atoms with E-state index in [9.17, 15) is 0 Å². The first-order chi connectivity index (χ1) is 21.3. The highest BCUT2D eigenvalue weighted by molar-refractivity contribution is 5.95. The standard InChI is InChI=1S/C38H48N4O/c1-2-3-4-5-6-7-8-9-10-11-12-13-14-20-31-43-37-30-25-32-21-18-19-24-36(32)38(37)42-41-35-28-26-34(27-29-35)40-39-33-22-16-15-17-23-33/h15-19,21-30H,2-14,20,31H2,1H3. The van der Waals surface area contributed by atoms with Crippen LogP contribution in [0, 0.1) is 0 Å². The average molecular weight is 577 g/mol. The van der Waals surface area contributed by atoms with Gasteiger partial charge in [0.05, 0.1) is 23.7 Å². The van der Waals surface area contributed by atoms with Gasteiger partial charge in [0.15, 0.2) is 0 Å². The maximum Gasteiger partial charge on any atom is 0.147 e. The molecule has 0 bridgehead atoms. The Balaban J connectivity index is 1.21. The van der Waals surface area contributed by atoms with Gasteiger partial charge < -0.3 is 4.74 Å². The van der Waals surface area contributed by atoms with E-state index in [2.05, 4.69) is 45.6 Å². The Morgan fingerprint density at radius 3 is 1.53 bits per heavy atom. The Kier molecular flexibility index (Phi) is 14.4. The maximum absolute atomic E-state index is 6.25. The number of rotatable bonds is 20. The lowest BCUT2D eigenvalue weighted by Crippen LogP contribution is -1.98. The van der Waals surface area contributed by atoms with E-state index < -0.39 is 0 Å². The molecule has 4 rings (SSSR count). The SMILES string of the molecule is CCCCCCCCCCCCCCCCOc1ccc2ccccc2c1N=Nc1ccc(N=Nc2ccccc2)cc1. The van der Waals surface area contributed by atoms with E-state index in [0.29, 0.717) is 6.61 Å². The molecule has 0 aliphatic rings. The molecule has 4 aromatic rings. The summed E-state index contributed by atoms with van der Waals surface area (Å²) in [5.74, 6) is 0.783. The first-order valence-corrected chi connectivity index (χ1v) is 16.5. The van der Waals surface area contributed by atoms with E-state index in [1.807, 2.05) is 72.8 Å². The van der Waals surface area contributed by atoms with E-state index in [1.165, 1.54) is 83.5 Å². The smallest absolute Gasteiger partial charge is 0.147 e. The van der Waals surface area contributed by atoms with Gasteiger partial charge in [0.2, 0.25) is 0 Å². The molecule has 0 unspecified atom stereocenters. The van der Waals surface area contributed by atoms with Crippen molar-refractivity contribution in [2.75, 3.05) is 6.61 Å². The second-order valence-corrected chi connectivity index (χ2v) is 11.3. The van der Waals surface area contributed by atoms with Crippen molar-refractivity contribution in [3.05, 3.63) is 91.0 Å². The number of nitrogens with zero attached hydrogens (tertiary/aromatic N) is 4. The van der Waals surface area contributed by atoms with Crippen LogP contribution in [0.4, 0.5) is 22.7 Å². The van der Waals surface area contributed by atoms with Crippen molar-refractivity contribution in [2.24, 2.45) is 20.5 Å². The molecule has 0 spiro atoms. The Labute approximate surface area is 258 Å². The minimum Gasteiger partial charge on any atom is -0.491 e. The lowest BCUT2D eigenvalue weighted by molar-refractivity contribution is 0.305. The van der Waals surface area contributed by atoms with Crippen LogP contribution in [0.5, 0.6) is 5.75 Å². The van der Waals surface area contributed by atoms with Crippen LogP contribution in [0.15, 0.2) is 111 Å². The molecule has 0 saturated carbocycles. The van der Waals surface area contributed by atoms with Crippen LogP contribution in [-0.2, 0) is 0 Å². The van der Waals surface area contributed by atoms with Crippen LogP contribution in [0.2, 0.25) is 0 Å². The van der Waals surface area contributed by atoms with Crippen molar-refractivity contribution in [1.82, 2.24) is 0 Å². The molecule has 0 aliphatic carbocycles. The summed E-state index contributed by atoms with van der Waals surface area (Å²) >= 11 is 0. The predicted octanol–water partition coefficient (Wildman–Crippen LogP) is 13.5. The third-order valence-corrected chi connectivity index (χ3v) is 7.77. The Morgan fingerprint density at radius 2 is 0.930 bits per heavy atom. The van der Waals surface area contributed by atoms with E-state index in [0.717, 1.165) is 45.7 Å². The van der Waals surface area contributed by atoms with Gasteiger partial charge in [-0.05, 0) is 54.3 Å². The summed E-state index contributed by atoms with van der Waals surface area (Å²) in [7, 11) is 0. The number of azo groups is 2. The van der Waals surface area contributed by atoms with Gasteiger partial charge in [-0.25, -0.2) is 0 Å². The third-order valence-electron chi connectivity index (χ3n) is 7.77. The van der Waals surface area contributed by atoms with Gasteiger partial charge in [0.25, 0.3) is 0 Å². The average Bonchev–Trinajstić information content (AvgIpc) is 3.05. The third kappa shape index (κ3) is 11.7. The maximum atomic E-state index is 6.25. The van der Waals surface area contributed by atoms with Gasteiger partial charge in [0.1, 0.15) is 11.4 Å². The fraction of sp³-hybridized carbons (Fsp3) is 0.421. The van der Waals surface area contributed by atoms with Crippen LogP contribution >= 0.6 is 0 Å². The van der Waals surface area contributed by atoms with Crippen molar-refractivity contribution in [1.29, 1.82) is 0 Å². The van der Waals surface area contributed by atoms with E-state index >= 15 is 0 Å². The Hall–Kier alpha value is -3.86. The first-order valence-electron chi connectivity index (χ1n) is 16.5. The molecule has 0 aliphatic heterocycles. The van der Waals surface area contributed by atoms with Crippen molar-refractivity contribution in [3.63, 3.8) is 0 Å². The lowest BCUT2D eigenvalue weighted by Gasteiger charge is -2.11. The molecule has 4 aromatic carbocycles. The van der Waals surface area contributed by atoms with Crippen LogP contribution < -0.4 is 4.74 Å². The molecule has 0 atom stereocenters. The van der Waals surface area contributed by atoms with Gasteiger partial charge in [0, 0.05) is 5.39 Å². The molecule has 0 N–H and O–H groups in total. The Morgan fingerprint density at radius 1 is 0.442 bits per heavy atom. The van der Waals surface area contributed by atoms with E-state index in [-0.39, 0.29) is 0 Å². The largest absolute Gasteiger partial charge is 0.491 e. The quantitative estimate of drug-likeness (QED) is 0.0762. The summed E-state index contributed by atoms with van der Waals surface area (Å²) in [5, 5.41) is 20.0. The number of unbranched alkanes of at least 4 members (excludes halogenated alkanes) is 13. The van der Waals surface area contributed by atoms with Crippen LogP contribution in [0.1, 0.15) is 96.8 Å². The van der Waals surface area contributed by atoms with Gasteiger partial charge in [-0.3, -0.25) is 0 Å². The molecule has 5 nitrogen and oxygen atoms in total. The number of hydrogen-bond acceptors (Lipinski definition) is 5. The molecule has 0 heterocycles. The summed E-state index contributed by atoms with van der Waals surface area (Å²) in [4.78, 5) is 0. The van der Waals surface area contributed by atoms with Gasteiger partial charge in [-0.1, -0.05) is 139 Å². The number of benzene rings is 4. The van der Waals surface area contributed by atoms with Crippen LogP contribution in [0.25, 0.3) is 10.8 Å². The first kappa shape index (κ1) is 32.1. The molecular formula is C38H48N4O. The van der Waals surface area contributed by atoms with E-state index in [1.54, 1.807) is 0 Å². The zero-order chi connectivity index (χ0) is 29.8. The van der Waals surface area contributed by atoms with Crippen molar-refractivity contribution >= 4 is 33.5 Å². The zero-order valence-electron chi connectivity index (χ0n) is 26.0. The summed E-state index contributed by atoms with van der Waals surface area (Å²) in [6.07, 6.45) is 18.9. The van der Waals surface area contributed by atoms with Gasteiger partial charge >= 0.3 is 0 Å². The van der Waals surface area contributed by atoms with Crippen LogP contribution in [0.3, 0.4) is 0 Å². The predicted molar refractivity (Wildman–Crippen MR) is 181 cm³/mol. The molecule has 0 fully saturated rings. The second kappa shape index (κ2) is 19.4. The molecule has 43 heavy (non-hydrogen) atoms. The molecule has 0 aromatic heterocycles. The molecule has 226 valence electrons. The minimum atomic E-state index is 0.694. The zero-order valence-corrected chi connectivity index (χ0v) is 26.0. The topological polar surface area (TPSA) is 58.7 Å². The van der Waals surface area contributed by atoms with Gasteiger partial charge in [-0.2, -0.15) is 15.3 Å². The minimum absolute atomic E-state index is 0.694. The van der Waals surface area contributed by atoms with Gasteiger partial charge in [-0.15, -0.1) is 5.11 Å². The molecule has 0 amide bonds. The highest BCUT2D eigenvalue weighted by atomic mass is 16.5. The number of ether oxygens (including phenoxy) is 1. The molecule has 0 saturated heterocycles. The molecular weight excluding hydrogens is 528 g/mol. The summed E-state index contributed by atoms with van der Waals surface area (Å²) in [6, 6.07) is 29.7. The highest BCUT2D eigenvalue weighted by Crippen LogP contribution is 2.37. The lowest BCUT2D eigenvalue weighted by atomic mass is 10.0. The van der Waals surface area contributed by atoms with Crippen LogP contribution in [-0.4, -0.2) is 6.61 Å². The number of fused-ring (bicyclic) bond motifs is 1. The highest BCUT2D eigenvalue weighted by Gasteiger charge is 2.09. The fourth-order valence-electron chi connectivity index (χ4n) is 5.24. The van der Waals surface area contributed by atoms with Crippen molar-refractivity contribution < 1.29 is 4.74 Å². The summed E-state index contributed by atoms with van der Waals surface area (Å²) in [5.41, 5.74) is 3.12. The van der Waals surface area contributed by atoms with Crippen molar-refractivity contribution in [3.8, 4) is 5.75 Å². The molecule has 5 heteroatoms. The summed E-state index contributed by atoms with van der Waals surface area (Å²) in [6.45, 7) is 2.98. The Bertz CT molecular complexity index is 1380.